The second kappa shape index (κ2) is 21.1. The van der Waals surface area contributed by atoms with Gasteiger partial charge >= 0.3 is 0 Å². The molecule has 1 amide bonds. The Morgan fingerprint density at radius 3 is 2.00 bits per heavy atom. The topological polar surface area (TPSA) is 50.4 Å². The summed E-state index contributed by atoms with van der Waals surface area (Å²) in [5, 5.41) is 5.56. The lowest BCUT2D eigenvalue weighted by Crippen LogP contribution is -2.23. The maximum atomic E-state index is 11.4. The van der Waals surface area contributed by atoms with Gasteiger partial charge in [0.1, 0.15) is 6.61 Å². The molecule has 0 aliphatic rings. The van der Waals surface area contributed by atoms with Crippen molar-refractivity contribution in [3.8, 4) is 37.0 Å². The Balaban J connectivity index is -0.000000368. The molecular weight excluding hydrogens is 312 g/mol. The number of hydrogen-bond donors (Lipinski definition) is 2. The van der Waals surface area contributed by atoms with Gasteiger partial charge in [0.2, 0.25) is 0 Å². The zero-order chi connectivity index (χ0) is 18.6. The first-order valence-corrected chi connectivity index (χ1v) is 7.46. The molecule has 2 N–H and O–H groups in total. The molecule has 1 rings (SSSR count). The maximum absolute atomic E-state index is 11.4. The lowest BCUT2D eigenvalue weighted by atomic mass is 10.2. The Morgan fingerprint density at radius 1 is 1.12 bits per heavy atom. The molecule has 25 heavy (non-hydrogen) atoms. The minimum Gasteiger partial charge on any atom is -0.388 e. The number of methoxy groups -OCH3 is 1. The van der Waals surface area contributed by atoms with Gasteiger partial charge in [0, 0.05) is 31.8 Å². The number of benzene rings is 1. The van der Waals surface area contributed by atoms with Crippen LogP contribution in [0.4, 0.5) is 5.69 Å². The molecule has 0 atom stereocenters. The summed E-state index contributed by atoms with van der Waals surface area (Å²) in [4.78, 5) is 11.4. The van der Waals surface area contributed by atoms with Crippen molar-refractivity contribution >= 4 is 11.6 Å². The van der Waals surface area contributed by atoms with Crippen LogP contribution in [0.2, 0.25) is 0 Å². The molecule has 0 radical (unpaired) electrons. The van der Waals surface area contributed by atoms with Crippen LogP contribution < -0.4 is 10.6 Å². The van der Waals surface area contributed by atoms with E-state index in [0.29, 0.717) is 12.2 Å². The minimum atomic E-state index is -0.148. The van der Waals surface area contributed by atoms with Crippen LogP contribution in [-0.4, -0.2) is 33.2 Å². The molecule has 0 unspecified atom stereocenters. The lowest BCUT2D eigenvalue weighted by molar-refractivity contribution is 0.0958. The molecular formula is C21H30N2O2. The number of carbonyl (C=O) groups excluding carboxylic acids is 1. The summed E-state index contributed by atoms with van der Waals surface area (Å²) in [5.41, 5.74) is 1.58. The summed E-state index contributed by atoms with van der Waals surface area (Å²) < 4.78 is 4.45. The summed E-state index contributed by atoms with van der Waals surface area (Å²) in [6, 6.07) is 7.17. The molecule has 4 nitrogen and oxygen atoms in total. The predicted octanol–water partition coefficient (Wildman–Crippen LogP) is 3.41. The molecule has 0 fully saturated rings. The highest BCUT2D eigenvalue weighted by Gasteiger charge is 2.02. The SMILES string of the molecule is C.C#CCCC.C#CCNC(=O)c1ccc(NC)cc1.C#CCOC. The van der Waals surface area contributed by atoms with Crippen molar-refractivity contribution < 1.29 is 9.53 Å². The number of unbranched alkanes of at least 4 members (excludes halogenated alkanes) is 1. The molecule has 0 bridgehead atoms. The highest BCUT2D eigenvalue weighted by molar-refractivity contribution is 5.94. The van der Waals surface area contributed by atoms with Crippen LogP contribution in [0.5, 0.6) is 0 Å². The fourth-order valence-electron chi connectivity index (χ4n) is 1.25. The molecule has 0 heterocycles. The average molecular weight is 342 g/mol. The van der Waals surface area contributed by atoms with E-state index in [-0.39, 0.29) is 19.9 Å². The highest BCUT2D eigenvalue weighted by Crippen LogP contribution is 2.07. The third kappa shape index (κ3) is 17.3. The molecule has 0 aliphatic heterocycles. The normalized spacial score (nSPS) is 7.52. The first kappa shape index (κ1) is 27.0. The van der Waals surface area contributed by atoms with E-state index < -0.39 is 0 Å². The van der Waals surface area contributed by atoms with Crippen molar-refractivity contribution in [1.29, 1.82) is 0 Å². The smallest absolute Gasteiger partial charge is 0.252 e. The number of anilines is 1. The van der Waals surface area contributed by atoms with Crippen molar-refractivity contribution in [1.82, 2.24) is 5.32 Å². The number of ether oxygens (including phenoxy) is 1. The number of hydrogen-bond acceptors (Lipinski definition) is 3. The summed E-state index contributed by atoms with van der Waals surface area (Å²) >= 11 is 0. The molecule has 1 aromatic carbocycles. The lowest BCUT2D eigenvalue weighted by Gasteiger charge is -2.03. The number of rotatable bonds is 5. The van der Waals surface area contributed by atoms with E-state index in [1.165, 1.54) is 0 Å². The summed E-state index contributed by atoms with van der Waals surface area (Å²) in [6.45, 7) is 2.74. The highest BCUT2D eigenvalue weighted by atomic mass is 16.5. The van der Waals surface area contributed by atoms with Gasteiger partial charge in [-0.2, -0.15) is 0 Å². The van der Waals surface area contributed by atoms with Gasteiger partial charge in [0.25, 0.3) is 5.91 Å². The molecule has 4 heteroatoms. The zero-order valence-electron chi connectivity index (χ0n) is 14.7. The number of carbonyl (C=O) groups is 1. The standard InChI is InChI=1S/C11H12N2O.C5H8.C4H6O.CH4/c1-3-8-13-11(14)9-4-6-10(12-2)7-5-9;1-3-5-4-2;1-3-4-5-2;/h1,4-7,12H,8H2,2H3,(H,13,14);1H,4-5H2,2H3;1H,4H2,2H3;1H4. The first-order valence-electron chi connectivity index (χ1n) is 7.46. The van der Waals surface area contributed by atoms with Crippen LogP contribution in [0, 0.1) is 37.0 Å². The predicted molar refractivity (Wildman–Crippen MR) is 108 cm³/mol. The van der Waals surface area contributed by atoms with Gasteiger partial charge in [-0.3, -0.25) is 4.79 Å². The van der Waals surface area contributed by atoms with E-state index in [9.17, 15) is 4.79 Å². The second-order valence-electron chi connectivity index (χ2n) is 4.31. The van der Waals surface area contributed by atoms with Crippen LogP contribution in [-0.2, 0) is 4.74 Å². The molecule has 0 aromatic heterocycles. The van der Waals surface area contributed by atoms with Crippen LogP contribution in [0.3, 0.4) is 0 Å². The number of terminal acetylenes is 3. The molecule has 0 aliphatic carbocycles. The quantitative estimate of drug-likeness (QED) is 0.806. The molecule has 136 valence electrons. The van der Waals surface area contributed by atoms with Crippen LogP contribution in [0.15, 0.2) is 24.3 Å². The van der Waals surface area contributed by atoms with Gasteiger partial charge in [-0.15, -0.1) is 25.2 Å². The van der Waals surface area contributed by atoms with Crippen molar-refractivity contribution in [3.63, 3.8) is 0 Å². The van der Waals surface area contributed by atoms with Crippen LogP contribution in [0.25, 0.3) is 0 Å². The summed E-state index contributed by atoms with van der Waals surface area (Å²) in [5.74, 6) is 7.01. The van der Waals surface area contributed by atoms with E-state index in [1.54, 1.807) is 19.2 Å². The van der Waals surface area contributed by atoms with Gasteiger partial charge in [0.05, 0.1) is 6.54 Å². The van der Waals surface area contributed by atoms with E-state index in [4.69, 9.17) is 19.3 Å². The van der Waals surface area contributed by atoms with Gasteiger partial charge in [0.15, 0.2) is 0 Å². The Kier molecular flexibility index (Phi) is 22.8. The van der Waals surface area contributed by atoms with Gasteiger partial charge in [-0.1, -0.05) is 26.2 Å². The van der Waals surface area contributed by atoms with Crippen molar-refractivity contribution in [2.75, 3.05) is 32.6 Å². The van der Waals surface area contributed by atoms with Crippen molar-refractivity contribution in [2.45, 2.75) is 27.2 Å². The van der Waals surface area contributed by atoms with Gasteiger partial charge in [-0.05, 0) is 30.7 Å². The van der Waals surface area contributed by atoms with E-state index in [0.717, 1.165) is 18.5 Å². The summed E-state index contributed by atoms with van der Waals surface area (Å²) in [7, 11) is 3.40. The third-order valence-electron chi connectivity index (χ3n) is 2.41. The first-order chi connectivity index (χ1) is 11.6. The Bertz CT molecular complexity index is 542. The monoisotopic (exact) mass is 342 g/mol. The third-order valence-corrected chi connectivity index (χ3v) is 2.41. The molecule has 0 spiro atoms. The largest absolute Gasteiger partial charge is 0.388 e. The zero-order valence-corrected chi connectivity index (χ0v) is 14.7. The second-order valence-corrected chi connectivity index (χ2v) is 4.31. The maximum Gasteiger partial charge on any atom is 0.252 e. The Hall–Kier alpha value is -2.87. The molecule has 0 saturated carbocycles. The van der Waals surface area contributed by atoms with Crippen LogP contribution in [0.1, 0.15) is 37.6 Å². The Morgan fingerprint density at radius 2 is 1.72 bits per heavy atom. The van der Waals surface area contributed by atoms with E-state index >= 15 is 0 Å². The molecule has 0 saturated heterocycles. The number of nitrogens with one attached hydrogen (secondary N) is 2. The molecule has 1 aromatic rings. The van der Waals surface area contributed by atoms with Crippen molar-refractivity contribution in [3.05, 3.63) is 29.8 Å². The average Bonchev–Trinajstić information content (AvgIpc) is 2.62. The summed E-state index contributed by atoms with van der Waals surface area (Å²) in [6.07, 6.45) is 16.7. The minimum absolute atomic E-state index is 0. The van der Waals surface area contributed by atoms with E-state index in [2.05, 4.69) is 40.1 Å². The number of amides is 1. The fourth-order valence-corrected chi connectivity index (χ4v) is 1.25. The van der Waals surface area contributed by atoms with Gasteiger partial charge in [-0.25, -0.2) is 0 Å². The Labute approximate surface area is 153 Å². The van der Waals surface area contributed by atoms with E-state index in [1.807, 2.05) is 19.2 Å². The van der Waals surface area contributed by atoms with Gasteiger partial charge < -0.3 is 15.4 Å². The van der Waals surface area contributed by atoms with Crippen LogP contribution >= 0.6 is 0 Å². The fraction of sp³-hybridized carbons (Fsp3) is 0.381. The van der Waals surface area contributed by atoms with Crippen molar-refractivity contribution in [2.24, 2.45) is 0 Å².